The molecule has 2 aromatic rings. The molecule has 0 spiro atoms. The van der Waals surface area contributed by atoms with Crippen LogP contribution in [0.5, 0.6) is 0 Å². The van der Waals surface area contributed by atoms with E-state index in [2.05, 4.69) is 24.3 Å². The number of carbonyl (C=O) groups is 1. The van der Waals surface area contributed by atoms with Gasteiger partial charge in [-0.1, -0.05) is 48.5 Å². The summed E-state index contributed by atoms with van der Waals surface area (Å²) in [5, 5.41) is 0. The van der Waals surface area contributed by atoms with Gasteiger partial charge in [0.2, 0.25) is 0 Å². The van der Waals surface area contributed by atoms with Crippen molar-refractivity contribution in [1.29, 1.82) is 0 Å². The molecule has 0 radical (unpaired) electrons. The summed E-state index contributed by atoms with van der Waals surface area (Å²) >= 11 is 0. The first-order valence-electron chi connectivity index (χ1n) is 6.71. The molecule has 0 unspecified atom stereocenters. The third-order valence-electron chi connectivity index (χ3n) is 3.70. The molecule has 1 amide bonds. The van der Waals surface area contributed by atoms with E-state index in [0.717, 1.165) is 0 Å². The van der Waals surface area contributed by atoms with E-state index in [1.807, 2.05) is 24.3 Å². The maximum absolute atomic E-state index is 11.6. The summed E-state index contributed by atoms with van der Waals surface area (Å²) in [7, 11) is 3.39. The van der Waals surface area contributed by atoms with E-state index < -0.39 is 0 Å². The van der Waals surface area contributed by atoms with Crippen LogP contribution >= 0.6 is 0 Å². The van der Waals surface area contributed by atoms with Gasteiger partial charge in [-0.2, -0.15) is 0 Å². The summed E-state index contributed by atoms with van der Waals surface area (Å²) in [6, 6.07) is 16.6. The maximum atomic E-state index is 11.6. The Labute approximate surface area is 118 Å². The predicted molar refractivity (Wildman–Crippen MR) is 78.8 cm³/mol. The summed E-state index contributed by atoms with van der Waals surface area (Å²) in [6.45, 7) is 0.380. The third kappa shape index (κ3) is 2.05. The minimum Gasteiger partial charge on any atom is -0.448 e. The summed E-state index contributed by atoms with van der Waals surface area (Å²) in [6.07, 6.45) is -0.299. The van der Waals surface area contributed by atoms with Crippen LogP contribution < -0.4 is 0 Å². The lowest BCUT2D eigenvalue weighted by atomic mass is 9.98. The Hall–Kier alpha value is -2.29. The van der Waals surface area contributed by atoms with Crippen LogP contribution in [0.3, 0.4) is 0 Å². The van der Waals surface area contributed by atoms with Crippen molar-refractivity contribution < 1.29 is 9.53 Å². The number of hydrogen-bond acceptors (Lipinski definition) is 2. The van der Waals surface area contributed by atoms with Crippen molar-refractivity contribution in [2.24, 2.45) is 0 Å². The topological polar surface area (TPSA) is 29.5 Å². The Kier molecular flexibility index (Phi) is 3.18. The Balaban J connectivity index is 1.93. The van der Waals surface area contributed by atoms with E-state index in [1.165, 1.54) is 27.2 Å². The summed E-state index contributed by atoms with van der Waals surface area (Å²) in [5.74, 6) is 0.131. The average molecular weight is 267 g/mol. The molecule has 3 rings (SSSR count). The lowest BCUT2D eigenvalue weighted by Gasteiger charge is -2.16. The molecule has 2 aromatic carbocycles. The molecule has 0 saturated carbocycles. The van der Waals surface area contributed by atoms with Crippen LogP contribution in [0.1, 0.15) is 17.0 Å². The fourth-order valence-electron chi connectivity index (χ4n) is 2.72. The van der Waals surface area contributed by atoms with Crippen LogP contribution in [-0.4, -0.2) is 31.7 Å². The molecule has 0 N–H and O–H groups in total. The van der Waals surface area contributed by atoms with Gasteiger partial charge in [-0.3, -0.25) is 0 Å². The van der Waals surface area contributed by atoms with Crippen LogP contribution in [0, 0.1) is 0 Å². The molecule has 0 atom stereocenters. The van der Waals surface area contributed by atoms with Gasteiger partial charge in [0.15, 0.2) is 0 Å². The molecule has 0 fully saturated rings. The van der Waals surface area contributed by atoms with Gasteiger partial charge in [-0.25, -0.2) is 4.79 Å². The Morgan fingerprint density at radius 3 is 2.00 bits per heavy atom. The molecule has 3 nitrogen and oxygen atoms in total. The fourth-order valence-corrected chi connectivity index (χ4v) is 2.72. The molecular weight excluding hydrogens is 250 g/mol. The van der Waals surface area contributed by atoms with E-state index >= 15 is 0 Å². The highest BCUT2D eigenvalue weighted by Crippen LogP contribution is 2.44. The molecule has 0 heterocycles. The van der Waals surface area contributed by atoms with Gasteiger partial charge in [-0.05, 0) is 22.3 Å². The van der Waals surface area contributed by atoms with E-state index in [1.54, 1.807) is 14.1 Å². The van der Waals surface area contributed by atoms with Crippen LogP contribution in [0.15, 0.2) is 48.5 Å². The lowest BCUT2D eigenvalue weighted by molar-refractivity contribution is 0.115. The number of rotatable bonds is 2. The molecule has 3 heteroatoms. The van der Waals surface area contributed by atoms with Crippen molar-refractivity contribution in [3.8, 4) is 11.1 Å². The summed E-state index contributed by atoms with van der Waals surface area (Å²) < 4.78 is 5.39. The molecule has 102 valence electrons. The Morgan fingerprint density at radius 2 is 1.50 bits per heavy atom. The van der Waals surface area contributed by atoms with Gasteiger partial charge in [0.25, 0.3) is 0 Å². The first-order chi connectivity index (χ1) is 9.68. The smallest absolute Gasteiger partial charge is 0.409 e. The zero-order valence-electron chi connectivity index (χ0n) is 11.7. The zero-order chi connectivity index (χ0) is 14.1. The van der Waals surface area contributed by atoms with Gasteiger partial charge in [0.1, 0.15) is 6.61 Å². The largest absolute Gasteiger partial charge is 0.448 e. The summed E-state index contributed by atoms with van der Waals surface area (Å²) in [5.41, 5.74) is 4.96. The monoisotopic (exact) mass is 267 g/mol. The number of ether oxygens (including phenoxy) is 1. The molecule has 0 aromatic heterocycles. The van der Waals surface area contributed by atoms with E-state index in [9.17, 15) is 4.79 Å². The summed E-state index contributed by atoms with van der Waals surface area (Å²) in [4.78, 5) is 13.1. The molecule has 1 aliphatic rings. The fraction of sp³-hybridized carbons (Fsp3) is 0.235. The number of nitrogens with zero attached hydrogens (tertiary/aromatic N) is 1. The maximum Gasteiger partial charge on any atom is 0.409 e. The second-order valence-electron chi connectivity index (χ2n) is 5.20. The van der Waals surface area contributed by atoms with Crippen molar-refractivity contribution in [2.45, 2.75) is 5.92 Å². The van der Waals surface area contributed by atoms with Gasteiger partial charge in [0.05, 0.1) is 0 Å². The Morgan fingerprint density at radius 1 is 1.00 bits per heavy atom. The van der Waals surface area contributed by atoms with Gasteiger partial charge < -0.3 is 9.64 Å². The highest BCUT2D eigenvalue weighted by molar-refractivity contribution is 5.79. The van der Waals surface area contributed by atoms with Crippen LogP contribution in [0.2, 0.25) is 0 Å². The first kappa shape index (κ1) is 12.7. The van der Waals surface area contributed by atoms with Crippen molar-refractivity contribution in [3.05, 3.63) is 59.7 Å². The van der Waals surface area contributed by atoms with Gasteiger partial charge in [0, 0.05) is 20.0 Å². The van der Waals surface area contributed by atoms with Gasteiger partial charge >= 0.3 is 6.09 Å². The van der Waals surface area contributed by atoms with Gasteiger partial charge in [-0.15, -0.1) is 0 Å². The number of amides is 1. The van der Waals surface area contributed by atoms with Crippen LogP contribution in [0.4, 0.5) is 4.79 Å². The molecule has 0 bridgehead atoms. The normalized spacial score (nSPS) is 12.7. The standard InChI is InChI=1S/C17H17NO2/c1-18(2)17(19)20-11-16-14-9-5-3-7-12(14)13-8-4-6-10-15(13)16/h3-10,16H,11H2,1-2H3. The lowest BCUT2D eigenvalue weighted by Crippen LogP contribution is -2.24. The number of fused-ring (bicyclic) bond motifs is 3. The zero-order valence-corrected chi connectivity index (χ0v) is 11.7. The van der Waals surface area contributed by atoms with Crippen LogP contribution in [0.25, 0.3) is 11.1 Å². The second-order valence-corrected chi connectivity index (χ2v) is 5.20. The number of carbonyl (C=O) groups excluding carboxylic acids is 1. The number of hydrogen-bond donors (Lipinski definition) is 0. The minimum atomic E-state index is -0.299. The van der Waals surface area contributed by atoms with Crippen molar-refractivity contribution in [1.82, 2.24) is 4.90 Å². The van der Waals surface area contributed by atoms with Crippen molar-refractivity contribution >= 4 is 6.09 Å². The van der Waals surface area contributed by atoms with Crippen molar-refractivity contribution in [3.63, 3.8) is 0 Å². The third-order valence-corrected chi connectivity index (χ3v) is 3.70. The average Bonchev–Trinajstić information content (AvgIpc) is 2.79. The number of benzene rings is 2. The predicted octanol–water partition coefficient (Wildman–Crippen LogP) is 3.50. The molecule has 1 aliphatic carbocycles. The van der Waals surface area contributed by atoms with E-state index in [0.29, 0.717) is 6.61 Å². The highest BCUT2D eigenvalue weighted by Gasteiger charge is 2.29. The molecular formula is C17H17NO2. The SMILES string of the molecule is CN(C)C(=O)OCC1c2ccccc2-c2ccccc21. The van der Waals surface area contributed by atoms with Crippen LogP contribution in [-0.2, 0) is 4.74 Å². The highest BCUT2D eigenvalue weighted by atomic mass is 16.6. The molecule has 0 aliphatic heterocycles. The molecule has 0 saturated heterocycles. The van der Waals surface area contributed by atoms with E-state index in [-0.39, 0.29) is 12.0 Å². The molecule has 20 heavy (non-hydrogen) atoms. The minimum absolute atomic E-state index is 0.131. The second kappa shape index (κ2) is 5.00. The van der Waals surface area contributed by atoms with Crippen molar-refractivity contribution in [2.75, 3.05) is 20.7 Å². The first-order valence-corrected chi connectivity index (χ1v) is 6.71. The van der Waals surface area contributed by atoms with E-state index in [4.69, 9.17) is 4.74 Å². The Bertz CT molecular complexity index is 603. The quantitative estimate of drug-likeness (QED) is 0.833.